The molecule has 1 aromatic rings. The van der Waals surface area contributed by atoms with Gasteiger partial charge in [0, 0.05) is 12.2 Å². The minimum absolute atomic E-state index is 0.119. The summed E-state index contributed by atoms with van der Waals surface area (Å²) < 4.78 is 0. The Morgan fingerprint density at radius 2 is 2.38 bits per heavy atom. The summed E-state index contributed by atoms with van der Waals surface area (Å²) in [7, 11) is 0. The molecule has 0 saturated heterocycles. The van der Waals surface area contributed by atoms with Crippen molar-refractivity contribution < 1.29 is 9.90 Å². The minimum Gasteiger partial charge on any atom is -0.481 e. The van der Waals surface area contributed by atoms with Gasteiger partial charge in [0.25, 0.3) is 0 Å². The van der Waals surface area contributed by atoms with Crippen molar-refractivity contribution in [2.24, 2.45) is 0 Å². The molecule has 0 aliphatic carbocycles. The van der Waals surface area contributed by atoms with E-state index in [1.54, 1.807) is 6.20 Å². The summed E-state index contributed by atoms with van der Waals surface area (Å²) in [5, 5.41) is 11.3. The zero-order chi connectivity index (χ0) is 9.68. The molecule has 0 amide bonds. The topological polar surface area (TPSA) is 62.2 Å². The van der Waals surface area contributed by atoms with Crippen LogP contribution in [0.3, 0.4) is 0 Å². The summed E-state index contributed by atoms with van der Waals surface area (Å²) in [6, 6.07) is 3.76. The third kappa shape index (κ3) is 3.55. The van der Waals surface area contributed by atoms with E-state index >= 15 is 0 Å². The maximum Gasteiger partial charge on any atom is 0.305 e. The first kappa shape index (κ1) is 9.51. The molecule has 1 rings (SSSR count). The quantitative estimate of drug-likeness (QED) is 0.732. The second kappa shape index (κ2) is 4.45. The molecule has 13 heavy (non-hydrogen) atoms. The maximum atomic E-state index is 10.2. The Labute approximate surface area is 76.6 Å². The lowest BCUT2D eigenvalue weighted by Gasteiger charge is -2.03. The first-order valence-electron chi connectivity index (χ1n) is 4.07. The predicted molar refractivity (Wildman–Crippen MR) is 49.7 cm³/mol. The van der Waals surface area contributed by atoms with E-state index in [2.05, 4.69) is 10.3 Å². The Hall–Kier alpha value is -1.58. The molecule has 1 heterocycles. The fourth-order valence-corrected chi connectivity index (χ4v) is 0.886. The highest BCUT2D eigenvalue weighted by atomic mass is 16.4. The van der Waals surface area contributed by atoms with Gasteiger partial charge in [-0.15, -0.1) is 0 Å². The second-order valence-electron chi connectivity index (χ2n) is 2.76. The van der Waals surface area contributed by atoms with E-state index in [9.17, 15) is 4.79 Å². The Morgan fingerprint density at radius 1 is 1.62 bits per heavy atom. The first-order chi connectivity index (χ1) is 6.18. The van der Waals surface area contributed by atoms with Gasteiger partial charge in [0.15, 0.2) is 0 Å². The zero-order valence-electron chi connectivity index (χ0n) is 7.45. The van der Waals surface area contributed by atoms with E-state index in [0.717, 1.165) is 11.4 Å². The zero-order valence-corrected chi connectivity index (χ0v) is 7.45. The molecule has 4 nitrogen and oxygen atoms in total. The van der Waals surface area contributed by atoms with Crippen molar-refractivity contribution in [1.29, 1.82) is 0 Å². The summed E-state index contributed by atoms with van der Waals surface area (Å²) in [4.78, 5) is 14.3. The van der Waals surface area contributed by atoms with E-state index in [-0.39, 0.29) is 6.42 Å². The highest BCUT2D eigenvalue weighted by Crippen LogP contribution is 2.04. The molecule has 0 radical (unpaired) electrons. The lowest BCUT2D eigenvalue weighted by molar-refractivity contribution is -0.136. The van der Waals surface area contributed by atoms with Crippen molar-refractivity contribution >= 4 is 11.7 Å². The molecular formula is C9H12N2O2. The normalized spacial score (nSPS) is 9.62. The summed E-state index contributed by atoms with van der Waals surface area (Å²) in [6.07, 6.45) is 1.81. The van der Waals surface area contributed by atoms with E-state index in [4.69, 9.17) is 5.11 Å². The number of anilines is 1. The van der Waals surface area contributed by atoms with Gasteiger partial charge in [0.05, 0.1) is 18.3 Å². The average molecular weight is 180 g/mol. The van der Waals surface area contributed by atoms with Crippen LogP contribution in [-0.4, -0.2) is 22.6 Å². The number of carboxylic acids is 1. The Morgan fingerprint density at radius 3 is 2.92 bits per heavy atom. The molecule has 0 aliphatic heterocycles. The van der Waals surface area contributed by atoms with Crippen LogP contribution in [0.15, 0.2) is 18.3 Å². The Balaban J connectivity index is 2.37. The molecule has 0 aliphatic rings. The number of hydrogen-bond acceptors (Lipinski definition) is 3. The van der Waals surface area contributed by atoms with Gasteiger partial charge in [-0.2, -0.15) is 0 Å². The third-order valence-corrected chi connectivity index (χ3v) is 1.58. The largest absolute Gasteiger partial charge is 0.481 e. The lowest BCUT2D eigenvalue weighted by atomic mass is 10.3. The molecule has 0 fully saturated rings. The number of aryl methyl sites for hydroxylation is 1. The number of carboxylic acid groups (broad SMARTS) is 1. The summed E-state index contributed by atoms with van der Waals surface area (Å²) in [6.45, 7) is 2.33. The molecule has 2 N–H and O–H groups in total. The minimum atomic E-state index is -0.799. The number of nitrogens with one attached hydrogen (secondary N) is 1. The number of nitrogens with zero attached hydrogens (tertiary/aromatic N) is 1. The van der Waals surface area contributed by atoms with Crippen LogP contribution >= 0.6 is 0 Å². The van der Waals surface area contributed by atoms with E-state index < -0.39 is 5.97 Å². The Bertz CT molecular complexity index is 282. The van der Waals surface area contributed by atoms with E-state index in [0.29, 0.717) is 6.54 Å². The number of aromatic nitrogens is 1. The number of pyridine rings is 1. The molecule has 0 bridgehead atoms. The van der Waals surface area contributed by atoms with Gasteiger partial charge >= 0.3 is 5.97 Å². The molecule has 0 aromatic carbocycles. The molecule has 0 spiro atoms. The van der Waals surface area contributed by atoms with Crippen LogP contribution in [0.1, 0.15) is 12.1 Å². The van der Waals surface area contributed by atoms with Gasteiger partial charge < -0.3 is 10.4 Å². The molecule has 4 heteroatoms. The van der Waals surface area contributed by atoms with Gasteiger partial charge in [-0.3, -0.25) is 9.78 Å². The SMILES string of the molecule is Cc1ccc(NCCC(=O)O)cn1. The van der Waals surface area contributed by atoms with Gasteiger partial charge in [-0.05, 0) is 19.1 Å². The van der Waals surface area contributed by atoms with E-state index in [1.807, 2.05) is 19.1 Å². The van der Waals surface area contributed by atoms with Gasteiger partial charge in [0.2, 0.25) is 0 Å². The fourth-order valence-electron chi connectivity index (χ4n) is 0.886. The van der Waals surface area contributed by atoms with Crippen LogP contribution in [0.5, 0.6) is 0 Å². The van der Waals surface area contributed by atoms with Crippen LogP contribution in [0.25, 0.3) is 0 Å². The molecule has 0 unspecified atom stereocenters. The summed E-state index contributed by atoms with van der Waals surface area (Å²) >= 11 is 0. The highest BCUT2D eigenvalue weighted by Gasteiger charge is 1.96. The smallest absolute Gasteiger partial charge is 0.305 e. The lowest BCUT2D eigenvalue weighted by Crippen LogP contribution is -2.07. The van der Waals surface area contributed by atoms with E-state index in [1.165, 1.54) is 0 Å². The Kier molecular flexibility index (Phi) is 3.25. The number of carbonyl (C=O) groups is 1. The van der Waals surface area contributed by atoms with Gasteiger partial charge in [0.1, 0.15) is 0 Å². The molecule has 0 atom stereocenters. The summed E-state index contributed by atoms with van der Waals surface area (Å²) in [5.74, 6) is -0.799. The van der Waals surface area contributed by atoms with Crippen molar-refractivity contribution in [1.82, 2.24) is 4.98 Å². The van der Waals surface area contributed by atoms with Gasteiger partial charge in [-0.1, -0.05) is 0 Å². The van der Waals surface area contributed by atoms with Crippen LogP contribution in [0.2, 0.25) is 0 Å². The van der Waals surface area contributed by atoms with Crippen molar-refractivity contribution in [3.63, 3.8) is 0 Å². The van der Waals surface area contributed by atoms with Gasteiger partial charge in [-0.25, -0.2) is 0 Å². The van der Waals surface area contributed by atoms with Crippen LogP contribution in [-0.2, 0) is 4.79 Å². The fraction of sp³-hybridized carbons (Fsp3) is 0.333. The third-order valence-electron chi connectivity index (χ3n) is 1.58. The standard InChI is InChI=1S/C9H12N2O2/c1-7-2-3-8(6-11-7)10-5-4-9(12)13/h2-3,6,10H,4-5H2,1H3,(H,12,13). The van der Waals surface area contributed by atoms with Crippen molar-refractivity contribution in [2.75, 3.05) is 11.9 Å². The highest BCUT2D eigenvalue weighted by molar-refractivity contribution is 5.67. The van der Waals surface area contributed by atoms with Crippen molar-refractivity contribution in [3.8, 4) is 0 Å². The number of rotatable bonds is 4. The summed E-state index contributed by atoms with van der Waals surface area (Å²) in [5.41, 5.74) is 1.80. The van der Waals surface area contributed by atoms with Crippen molar-refractivity contribution in [3.05, 3.63) is 24.0 Å². The monoisotopic (exact) mass is 180 g/mol. The molecule has 1 aromatic heterocycles. The molecule has 0 saturated carbocycles. The van der Waals surface area contributed by atoms with Crippen molar-refractivity contribution in [2.45, 2.75) is 13.3 Å². The van der Waals surface area contributed by atoms with Crippen LogP contribution in [0, 0.1) is 6.92 Å². The van der Waals surface area contributed by atoms with Crippen LogP contribution < -0.4 is 5.32 Å². The average Bonchev–Trinajstić information content (AvgIpc) is 2.08. The number of aliphatic carboxylic acids is 1. The van der Waals surface area contributed by atoms with Crippen LogP contribution in [0.4, 0.5) is 5.69 Å². The second-order valence-corrected chi connectivity index (χ2v) is 2.76. The molecular weight excluding hydrogens is 168 g/mol. The maximum absolute atomic E-state index is 10.2. The molecule has 70 valence electrons. The number of hydrogen-bond donors (Lipinski definition) is 2. The predicted octanol–water partition coefficient (Wildman–Crippen LogP) is 1.28. The first-order valence-corrected chi connectivity index (χ1v) is 4.07.